The highest BCUT2D eigenvalue weighted by atomic mass is 15.2. The molecule has 0 aromatic heterocycles. The third-order valence-electron chi connectivity index (χ3n) is 3.97. The predicted molar refractivity (Wildman–Crippen MR) is 76.8 cm³/mol. The Morgan fingerprint density at radius 1 is 1.00 bits per heavy atom. The van der Waals surface area contributed by atoms with Crippen LogP contribution < -0.4 is 5.32 Å². The molecule has 1 aliphatic rings. The van der Waals surface area contributed by atoms with E-state index in [1.807, 2.05) is 0 Å². The molecule has 1 heterocycles. The van der Waals surface area contributed by atoms with Gasteiger partial charge >= 0.3 is 0 Å². The Balaban J connectivity index is 1.97. The van der Waals surface area contributed by atoms with Crippen LogP contribution in [0.5, 0.6) is 0 Å². The van der Waals surface area contributed by atoms with Crippen LogP contribution in [0.4, 0.5) is 0 Å². The van der Waals surface area contributed by atoms with E-state index < -0.39 is 0 Å². The maximum Gasteiger partial charge on any atom is 0.0327 e. The molecule has 3 rings (SSSR count). The van der Waals surface area contributed by atoms with Crippen molar-refractivity contribution in [3.8, 4) is 0 Å². The van der Waals surface area contributed by atoms with Crippen LogP contribution in [0.3, 0.4) is 0 Å². The summed E-state index contributed by atoms with van der Waals surface area (Å²) in [4.78, 5) is 2.57. The topological polar surface area (TPSA) is 15.3 Å². The normalized spacial score (nSPS) is 18.9. The molecule has 1 fully saturated rings. The first-order valence-electron chi connectivity index (χ1n) is 6.79. The summed E-state index contributed by atoms with van der Waals surface area (Å²) in [6.45, 7) is 6.83. The zero-order valence-electron chi connectivity index (χ0n) is 10.9. The lowest BCUT2D eigenvalue weighted by atomic mass is 9.98. The molecule has 0 saturated carbocycles. The van der Waals surface area contributed by atoms with Gasteiger partial charge < -0.3 is 5.32 Å². The smallest absolute Gasteiger partial charge is 0.0327 e. The summed E-state index contributed by atoms with van der Waals surface area (Å²) in [5, 5.41) is 6.16. The van der Waals surface area contributed by atoms with E-state index in [0.29, 0.717) is 6.04 Å². The van der Waals surface area contributed by atoms with Crippen LogP contribution in [0.25, 0.3) is 10.8 Å². The number of benzene rings is 2. The fourth-order valence-electron chi connectivity index (χ4n) is 2.88. The molecule has 1 atom stereocenters. The van der Waals surface area contributed by atoms with Crippen LogP contribution in [0.15, 0.2) is 42.5 Å². The lowest BCUT2D eigenvalue weighted by molar-refractivity contribution is 0.186. The SMILES string of the molecule is C[C@@H](c1cccc2ccccc12)N1CCNCC1. The Morgan fingerprint density at radius 2 is 1.72 bits per heavy atom. The highest BCUT2D eigenvalue weighted by Gasteiger charge is 2.19. The largest absolute Gasteiger partial charge is 0.314 e. The fourth-order valence-corrected chi connectivity index (χ4v) is 2.88. The van der Waals surface area contributed by atoms with Gasteiger partial charge in [0.15, 0.2) is 0 Å². The second-order valence-electron chi connectivity index (χ2n) is 5.03. The standard InChI is InChI=1S/C16H20N2/c1-13(18-11-9-17-10-12-18)15-8-4-6-14-5-2-3-7-16(14)15/h2-8,13,17H,9-12H2,1H3/t13-/m0/s1. The highest BCUT2D eigenvalue weighted by molar-refractivity contribution is 5.86. The van der Waals surface area contributed by atoms with Crippen LogP contribution in [0, 0.1) is 0 Å². The summed E-state index contributed by atoms with van der Waals surface area (Å²) in [6, 6.07) is 15.8. The van der Waals surface area contributed by atoms with Crippen molar-refractivity contribution >= 4 is 10.8 Å². The Kier molecular flexibility index (Phi) is 3.31. The zero-order valence-corrected chi connectivity index (χ0v) is 10.9. The lowest BCUT2D eigenvalue weighted by Gasteiger charge is -2.33. The number of hydrogen-bond acceptors (Lipinski definition) is 2. The Labute approximate surface area is 109 Å². The molecular formula is C16H20N2. The summed E-state index contributed by atoms with van der Waals surface area (Å²) in [5.74, 6) is 0. The van der Waals surface area contributed by atoms with E-state index in [0.717, 1.165) is 26.2 Å². The second-order valence-corrected chi connectivity index (χ2v) is 5.03. The van der Waals surface area contributed by atoms with Crippen molar-refractivity contribution in [3.63, 3.8) is 0 Å². The number of nitrogens with one attached hydrogen (secondary N) is 1. The van der Waals surface area contributed by atoms with Crippen molar-refractivity contribution in [2.45, 2.75) is 13.0 Å². The van der Waals surface area contributed by atoms with E-state index in [9.17, 15) is 0 Å². The molecule has 2 heteroatoms. The minimum Gasteiger partial charge on any atom is -0.314 e. The Hall–Kier alpha value is -1.38. The number of hydrogen-bond donors (Lipinski definition) is 1. The predicted octanol–water partition coefficient (Wildman–Crippen LogP) is 2.81. The van der Waals surface area contributed by atoms with Gasteiger partial charge in [0, 0.05) is 32.2 Å². The minimum absolute atomic E-state index is 0.498. The van der Waals surface area contributed by atoms with Gasteiger partial charge in [-0.1, -0.05) is 42.5 Å². The molecule has 94 valence electrons. The molecule has 2 nitrogen and oxygen atoms in total. The number of rotatable bonds is 2. The van der Waals surface area contributed by atoms with E-state index in [2.05, 4.69) is 59.6 Å². The van der Waals surface area contributed by atoms with Crippen molar-refractivity contribution in [1.82, 2.24) is 10.2 Å². The maximum atomic E-state index is 3.42. The second kappa shape index (κ2) is 5.09. The first kappa shape index (κ1) is 11.7. The molecule has 18 heavy (non-hydrogen) atoms. The lowest BCUT2D eigenvalue weighted by Crippen LogP contribution is -2.44. The van der Waals surface area contributed by atoms with Gasteiger partial charge in [-0.25, -0.2) is 0 Å². The first-order valence-corrected chi connectivity index (χ1v) is 6.79. The number of fused-ring (bicyclic) bond motifs is 1. The molecule has 0 unspecified atom stereocenters. The molecular weight excluding hydrogens is 220 g/mol. The highest BCUT2D eigenvalue weighted by Crippen LogP contribution is 2.27. The van der Waals surface area contributed by atoms with Gasteiger partial charge in [0.25, 0.3) is 0 Å². The summed E-state index contributed by atoms with van der Waals surface area (Å²) in [5.41, 5.74) is 1.45. The van der Waals surface area contributed by atoms with E-state index in [-0.39, 0.29) is 0 Å². The van der Waals surface area contributed by atoms with Crippen LogP contribution >= 0.6 is 0 Å². The van der Waals surface area contributed by atoms with Crippen LogP contribution in [0.2, 0.25) is 0 Å². The third kappa shape index (κ3) is 2.14. The van der Waals surface area contributed by atoms with Crippen LogP contribution in [-0.2, 0) is 0 Å². The van der Waals surface area contributed by atoms with Crippen molar-refractivity contribution in [1.29, 1.82) is 0 Å². The van der Waals surface area contributed by atoms with E-state index in [1.165, 1.54) is 16.3 Å². The minimum atomic E-state index is 0.498. The fraction of sp³-hybridized carbons (Fsp3) is 0.375. The van der Waals surface area contributed by atoms with Gasteiger partial charge in [0.05, 0.1) is 0 Å². The van der Waals surface area contributed by atoms with Crippen molar-refractivity contribution < 1.29 is 0 Å². The molecule has 0 radical (unpaired) electrons. The van der Waals surface area contributed by atoms with Gasteiger partial charge in [-0.05, 0) is 23.3 Å². The summed E-state index contributed by atoms with van der Waals surface area (Å²) in [6.07, 6.45) is 0. The number of nitrogens with zero attached hydrogens (tertiary/aromatic N) is 1. The molecule has 1 N–H and O–H groups in total. The van der Waals surface area contributed by atoms with Gasteiger partial charge in [0.2, 0.25) is 0 Å². The van der Waals surface area contributed by atoms with E-state index in [4.69, 9.17) is 0 Å². The van der Waals surface area contributed by atoms with Crippen LogP contribution in [-0.4, -0.2) is 31.1 Å². The average molecular weight is 240 g/mol. The van der Waals surface area contributed by atoms with Gasteiger partial charge in [-0.15, -0.1) is 0 Å². The van der Waals surface area contributed by atoms with Crippen molar-refractivity contribution in [3.05, 3.63) is 48.0 Å². The Bertz CT molecular complexity index is 524. The average Bonchev–Trinajstić information content (AvgIpc) is 2.47. The summed E-state index contributed by atoms with van der Waals surface area (Å²) in [7, 11) is 0. The van der Waals surface area contributed by atoms with Crippen molar-refractivity contribution in [2.24, 2.45) is 0 Å². The monoisotopic (exact) mass is 240 g/mol. The first-order chi connectivity index (χ1) is 8.86. The van der Waals surface area contributed by atoms with E-state index in [1.54, 1.807) is 0 Å². The Morgan fingerprint density at radius 3 is 2.56 bits per heavy atom. The van der Waals surface area contributed by atoms with Gasteiger partial charge in [-0.3, -0.25) is 4.90 Å². The van der Waals surface area contributed by atoms with Crippen LogP contribution in [0.1, 0.15) is 18.5 Å². The molecule has 2 aromatic carbocycles. The summed E-state index contributed by atoms with van der Waals surface area (Å²) < 4.78 is 0. The van der Waals surface area contributed by atoms with Crippen molar-refractivity contribution in [2.75, 3.05) is 26.2 Å². The zero-order chi connectivity index (χ0) is 12.4. The molecule has 0 bridgehead atoms. The molecule has 1 saturated heterocycles. The number of piperazine rings is 1. The molecule has 0 aliphatic carbocycles. The molecule has 2 aromatic rings. The van der Waals surface area contributed by atoms with E-state index >= 15 is 0 Å². The molecule has 1 aliphatic heterocycles. The van der Waals surface area contributed by atoms with Gasteiger partial charge in [-0.2, -0.15) is 0 Å². The quantitative estimate of drug-likeness (QED) is 0.868. The summed E-state index contributed by atoms with van der Waals surface area (Å²) >= 11 is 0. The maximum absolute atomic E-state index is 3.42. The third-order valence-corrected chi connectivity index (χ3v) is 3.97. The van der Waals surface area contributed by atoms with Gasteiger partial charge in [0.1, 0.15) is 0 Å². The molecule has 0 spiro atoms. The molecule has 0 amide bonds.